The van der Waals surface area contributed by atoms with Crippen LogP contribution in [0.4, 0.5) is 5.69 Å². The largest absolute Gasteiger partial charge is 0.491 e. The summed E-state index contributed by atoms with van der Waals surface area (Å²) in [5.41, 5.74) is 0.730. The van der Waals surface area contributed by atoms with E-state index in [1.807, 2.05) is 0 Å². The van der Waals surface area contributed by atoms with Crippen LogP contribution in [0.2, 0.25) is 0 Å². The number of benzene rings is 1. The molecule has 0 aliphatic heterocycles. The van der Waals surface area contributed by atoms with E-state index >= 15 is 0 Å². The number of nitrogens with one attached hydrogen (secondary N) is 1. The van der Waals surface area contributed by atoms with E-state index < -0.39 is 6.10 Å². The molecule has 112 valence electrons. The Morgan fingerprint density at radius 1 is 1.30 bits per heavy atom. The first-order valence-corrected chi connectivity index (χ1v) is 6.96. The molecular formula is C15H24N2O3. The van der Waals surface area contributed by atoms with Crippen LogP contribution >= 0.6 is 0 Å². The van der Waals surface area contributed by atoms with Gasteiger partial charge < -0.3 is 20.1 Å². The minimum Gasteiger partial charge on any atom is -0.491 e. The van der Waals surface area contributed by atoms with Gasteiger partial charge in [-0.1, -0.05) is 13.8 Å². The van der Waals surface area contributed by atoms with Gasteiger partial charge in [0.1, 0.15) is 18.5 Å². The van der Waals surface area contributed by atoms with Gasteiger partial charge in [-0.15, -0.1) is 0 Å². The van der Waals surface area contributed by atoms with Gasteiger partial charge in [-0.05, 0) is 37.4 Å². The van der Waals surface area contributed by atoms with Gasteiger partial charge in [0, 0.05) is 19.2 Å². The molecule has 1 atom stereocenters. The number of likely N-dealkylation sites (N-methyl/N-ethyl adjacent to an activating group) is 1. The highest BCUT2D eigenvalue weighted by Crippen LogP contribution is 2.15. The number of nitrogens with zero attached hydrogens (tertiary/aromatic N) is 1. The zero-order valence-electron chi connectivity index (χ0n) is 12.4. The van der Waals surface area contributed by atoms with Crippen LogP contribution in [0, 0.1) is 0 Å². The average Bonchev–Trinajstić information content (AvgIpc) is 2.43. The predicted octanol–water partition coefficient (Wildman–Crippen LogP) is 1.73. The predicted molar refractivity (Wildman–Crippen MR) is 80.0 cm³/mol. The quantitative estimate of drug-likeness (QED) is 0.761. The van der Waals surface area contributed by atoms with E-state index in [4.69, 9.17) is 4.74 Å². The molecule has 1 amide bonds. The van der Waals surface area contributed by atoms with Crippen molar-refractivity contribution in [2.24, 2.45) is 0 Å². The zero-order valence-corrected chi connectivity index (χ0v) is 12.4. The highest BCUT2D eigenvalue weighted by Gasteiger charge is 2.09. The molecule has 1 aromatic carbocycles. The topological polar surface area (TPSA) is 61.8 Å². The molecule has 5 nitrogen and oxygen atoms in total. The van der Waals surface area contributed by atoms with Crippen LogP contribution in [0.5, 0.6) is 5.75 Å². The molecule has 5 heteroatoms. The molecule has 2 N–H and O–H groups in total. The Labute approximate surface area is 120 Å². The first kappa shape index (κ1) is 16.5. The van der Waals surface area contributed by atoms with Gasteiger partial charge in [0.15, 0.2) is 0 Å². The fourth-order valence-electron chi connectivity index (χ4n) is 1.86. The van der Waals surface area contributed by atoms with Crippen LogP contribution in [0.25, 0.3) is 0 Å². The number of hydrogen-bond donors (Lipinski definition) is 2. The molecule has 0 heterocycles. The molecule has 1 rings (SSSR count). The number of carbonyl (C=O) groups excluding carboxylic acids is 1. The van der Waals surface area contributed by atoms with Crippen LogP contribution in [0.3, 0.4) is 0 Å². The van der Waals surface area contributed by atoms with E-state index in [9.17, 15) is 9.90 Å². The molecule has 20 heavy (non-hydrogen) atoms. The second kappa shape index (κ2) is 8.55. The molecule has 0 aliphatic carbocycles. The standard InChI is InChI=1S/C15H24N2O3/c1-4-17(5-2)10-14(19)11-20-15-8-6-13(7-9-15)16-12(3)18/h6-9,14,19H,4-5,10-11H2,1-3H3,(H,16,18). The Morgan fingerprint density at radius 3 is 2.40 bits per heavy atom. The van der Waals surface area contributed by atoms with Crippen molar-refractivity contribution < 1.29 is 14.6 Å². The van der Waals surface area contributed by atoms with Gasteiger partial charge in [0.05, 0.1) is 0 Å². The number of aliphatic hydroxyl groups excluding tert-OH is 1. The molecule has 0 radical (unpaired) electrons. The summed E-state index contributed by atoms with van der Waals surface area (Å²) >= 11 is 0. The molecular weight excluding hydrogens is 256 g/mol. The molecule has 0 aliphatic rings. The molecule has 0 fully saturated rings. The molecule has 0 saturated carbocycles. The Balaban J connectivity index is 2.39. The lowest BCUT2D eigenvalue weighted by atomic mass is 10.3. The Bertz CT molecular complexity index is 402. The lowest BCUT2D eigenvalue weighted by Gasteiger charge is -2.21. The SMILES string of the molecule is CCN(CC)CC(O)COc1ccc(NC(C)=O)cc1. The second-order valence-corrected chi connectivity index (χ2v) is 4.66. The molecule has 1 aromatic rings. The third-order valence-corrected chi connectivity index (χ3v) is 2.98. The average molecular weight is 280 g/mol. The first-order chi connectivity index (χ1) is 9.55. The van der Waals surface area contributed by atoms with Crippen molar-refractivity contribution in [3.63, 3.8) is 0 Å². The third-order valence-electron chi connectivity index (χ3n) is 2.98. The fraction of sp³-hybridized carbons (Fsp3) is 0.533. The summed E-state index contributed by atoms with van der Waals surface area (Å²) in [5.74, 6) is 0.575. The minimum atomic E-state index is -0.509. The smallest absolute Gasteiger partial charge is 0.221 e. The molecule has 0 aromatic heterocycles. The number of hydrogen-bond acceptors (Lipinski definition) is 4. The van der Waals surface area contributed by atoms with Crippen LogP contribution < -0.4 is 10.1 Å². The number of rotatable bonds is 8. The highest BCUT2D eigenvalue weighted by molar-refractivity contribution is 5.88. The van der Waals surface area contributed by atoms with Gasteiger partial charge in [0.25, 0.3) is 0 Å². The van der Waals surface area contributed by atoms with Crippen LogP contribution in [0.15, 0.2) is 24.3 Å². The van der Waals surface area contributed by atoms with Gasteiger partial charge >= 0.3 is 0 Å². The van der Waals surface area contributed by atoms with Gasteiger partial charge in [-0.25, -0.2) is 0 Å². The summed E-state index contributed by atoms with van der Waals surface area (Å²) in [7, 11) is 0. The maximum atomic E-state index is 10.9. The summed E-state index contributed by atoms with van der Waals surface area (Å²) in [4.78, 5) is 13.0. The lowest BCUT2D eigenvalue weighted by molar-refractivity contribution is -0.114. The number of anilines is 1. The van der Waals surface area contributed by atoms with Gasteiger partial charge in [-0.2, -0.15) is 0 Å². The van der Waals surface area contributed by atoms with Crippen molar-refractivity contribution in [3.05, 3.63) is 24.3 Å². The van der Waals surface area contributed by atoms with Crippen molar-refractivity contribution in [1.29, 1.82) is 0 Å². The van der Waals surface area contributed by atoms with E-state index in [1.54, 1.807) is 24.3 Å². The second-order valence-electron chi connectivity index (χ2n) is 4.66. The lowest BCUT2D eigenvalue weighted by Crippen LogP contribution is -2.35. The third kappa shape index (κ3) is 6.04. The van der Waals surface area contributed by atoms with Crippen molar-refractivity contribution in [3.8, 4) is 5.75 Å². The van der Waals surface area contributed by atoms with Crippen molar-refractivity contribution >= 4 is 11.6 Å². The van der Waals surface area contributed by atoms with Crippen molar-refractivity contribution in [1.82, 2.24) is 4.90 Å². The van der Waals surface area contributed by atoms with Gasteiger partial charge in [0.2, 0.25) is 5.91 Å². The normalized spacial score (nSPS) is 12.2. The number of ether oxygens (including phenoxy) is 1. The van der Waals surface area contributed by atoms with E-state index in [-0.39, 0.29) is 12.5 Å². The Kier molecular flexibility index (Phi) is 7.04. The summed E-state index contributed by atoms with van der Waals surface area (Å²) in [6, 6.07) is 7.09. The molecule has 0 bridgehead atoms. The molecule has 1 unspecified atom stereocenters. The van der Waals surface area contributed by atoms with E-state index in [2.05, 4.69) is 24.1 Å². The van der Waals surface area contributed by atoms with Crippen LogP contribution in [0.1, 0.15) is 20.8 Å². The number of carbonyl (C=O) groups is 1. The maximum absolute atomic E-state index is 10.9. The van der Waals surface area contributed by atoms with E-state index in [0.29, 0.717) is 12.3 Å². The summed E-state index contributed by atoms with van der Waals surface area (Å²) in [5, 5.41) is 12.6. The first-order valence-electron chi connectivity index (χ1n) is 6.96. The summed E-state index contributed by atoms with van der Waals surface area (Å²) < 4.78 is 5.53. The molecule has 0 spiro atoms. The van der Waals surface area contributed by atoms with Crippen LogP contribution in [-0.4, -0.2) is 48.3 Å². The summed E-state index contributed by atoms with van der Waals surface area (Å²) in [6.07, 6.45) is -0.509. The van der Waals surface area contributed by atoms with E-state index in [1.165, 1.54) is 6.92 Å². The monoisotopic (exact) mass is 280 g/mol. The Hall–Kier alpha value is -1.59. The highest BCUT2D eigenvalue weighted by atomic mass is 16.5. The maximum Gasteiger partial charge on any atom is 0.221 e. The fourth-order valence-corrected chi connectivity index (χ4v) is 1.86. The minimum absolute atomic E-state index is 0.103. The van der Waals surface area contributed by atoms with Crippen LogP contribution in [-0.2, 0) is 4.79 Å². The van der Waals surface area contributed by atoms with Gasteiger partial charge in [-0.3, -0.25) is 4.79 Å². The zero-order chi connectivity index (χ0) is 15.0. The number of amides is 1. The van der Waals surface area contributed by atoms with E-state index in [0.717, 1.165) is 18.8 Å². The van der Waals surface area contributed by atoms with Crippen molar-refractivity contribution in [2.45, 2.75) is 26.9 Å². The number of aliphatic hydroxyl groups is 1. The molecule has 0 saturated heterocycles. The van der Waals surface area contributed by atoms with Crippen molar-refractivity contribution in [2.75, 3.05) is 31.6 Å². The Morgan fingerprint density at radius 2 is 1.90 bits per heavy atom. The summed E-state index contributed by atoms with van der Waals surface area (Å²) in [6.45, 7) is 8.30.